The molecule has 0 aliphatic heterocycles. The average Bonchev–Trinajstić information content (AvgIpc) is 3.05. The van der Waals surface area contributed by atoms with Crippen LogP contribution in [0.3, 0.4) is 0 Å². The van der Waals surface area contributed by atoms with Crippen molar-refractivity contribution < 1.29 is 9.84 Å². The number of pyridine rings is 1. The number of aromatic hydroxyl groups is 1. The lowest BCUT2D eigenvalue weighted by Gasteiger charge is -2.22. The van der Waals surface area contributed by atoms with Crippen molar-refractivity contribution in [2.24, 2.45) is 0 Å². The van der Waals surface area contributed by atoms with Gasteiger partial charge in [0.15, 0.2) is 5.82 Å². The third-order valence-corrected chi connectivity index (χ3v) is 5.09. The molecule has 0 spiro atoms. The molecule has 1 aromatic carbocycles. The van der Waals surface area contributed by atoms with Crippen molar-refractivity contribution in [1.29, 1.82) is 0 Å². The van der Waals surface area contributed by atoms with E-state index in [1.54, 1.807) is 18.0 Å². The number of aromatic nitrogens is 3. The van der Waals surface area contributed by atoms with E-state index < -0.39 is 0 Å². The van der Waals surface area contributed by atoms with Crippen LogP contribution in [0.4, 0.5) is 0 Å². The van der Waals surface area contributed by atoms with Crippen LogP contribution >= 0.6 is 0 Å². The lowest BCUT2D eigenvalue weighted by molar-refractivity contribution is 0.413. The molecule has 0 saturated heterocycles. The molecule has 6 heteroatoms. The largest absolute Gasteiger partial charge is 0.497 e. The highest BCUT2D eigenvalue weighted by Crippen LogP contribution is 2.30. The first kappa shape index (κ1) is 17.5. The van der Waals surface area contributed by atoms with Crippen LogP contribution in [0.15, 0.2) is 48.7 Å². The number of nitrogens with zero attached hydrogens (tertiary/aromatic N) is 3. The number of aryl methyl sites for hydroxylation is 1. The van der Waals surface area contributed by atoms with Crippen molar-refractivity contribution >= 4 is 0 Å². The molecular formula is C21H24N4O2. The monoisotopic (exact) mass is 364 g/mol. The Kier molecular flexibility index (Phi) is 5.07. The molecule has 1 atom stereocenters. The van der Waals surface area contributed by atoms with Crippen molar-refractivity contribution in [1.82, 2.24) is 20.1 Å². The van der Waals surface area contributed by atoms with Crippen LogP contribution in [0.25, 0.3) is 5.82 Å². The van der Waals surface area contributed by atoms with Gasteiger partial charge in [0.25, 0.3) is 0 Å². The van der Waals surface area contributed by atoms with E-state index in [1.165, 1.54) is 5.56 Å². The van der Waals surface area contributed by atoms with Crippen LogP contribution in [-0.2, 0) is 19.3 Å². The van der Waals surface area contributed by atoms with Gasteiger partial charge >= 0.3 is 0 Å². The number of fused-ring (bicyclic) bond motifs is 1. The quantitative estimate of drug-likeness (QED) is 0.704. The molecule has 140 valence electrons. The van der Waals surface area contributed by atoms with E-state index in [0.29, 0.717) is 11.9 Å². The van der Waals surface area contributed by atoms with Crippen molar-refractivity contribution in [2.45, 2.75) is 31.7 Å². The molecule has 0 radical (unpaired) electrons. The second-order valence-corrected chi connectivity index (χ2v) is 6.84. The minimum absolute atomic E-state index is 0.213. The zero-order chi connectivity index (χ0) is 18.6. The summed E-state index contributed by atoms with van der Waals surface area (Å²) in [5, 5.41) is 18.8. The van der Waals surface area contributed by atoms with E-state index in [1.807, 2.05) is 30.3 Å². The Bertz CT molecular complexity index is 891. The average molecular weight is 364 g/mol. The van der Waals surface area contributed by atoms with Gasteiger partial charge in [-0.25, -0.2) is 4.98 Å². The van der Waals surface area contributed by atoms with Crippen molar-refractivity contribution in [3.05, 3.63) is 65.5 Å². The predicted molar refractivity (Wildman–Crippen MR) is 104 cm³/mol. The summed E-state index contributed by atoms with van der Waals surface area (Å²) in [4.78, 5) is 4.28. The second-order valence-electron chi connectivity index (χ2n) is 6.84. The van der Waals surface area contributed by atoms with Crippen molar-refractivity contribution in [3.8, 4) is 17.4 Å². The van der Waals surface area contributed by atoms with Gasteiger partial charge in [-0.1, -0.05) is 18.2 Å². The predicted octanol–water partition coefficient (Wildman–Crippen LogP) is 2.67. The number of benzene rings is 1. The van der Waals surface area contributed by atoms with Gasteiger partial charge in [-0.3, -0.25) is 0 Å². The fraction of sp³-hybridized carbons (Fsp3) is 0.333. The SMILES string of the molecule is COc1ccc(CCNC2CCc3nn(-c4ccccn4)c(O)c3C2)cc1. The Balaban J connectivity index is 1.37. The number of hydrogen-bond donors (Lipinski definition) is 2. The zero-order valence-corrected chi connectivity index (χ0v) is 15.4. The summed E-state index contributed by atoms with van der Waals surface area (Å²) in [5.74, 6) is 1.74. The molecule has 2 heterocycles. The van der Waals surface area contributed by atoms with Gasteiger partial charge in [0, 0.05) is 17.8 Å². The van der Waals surface area contributed by atoms with Gasteiger partial charge in [-0.05, 0) is 62.1 Å². The fourth-order valence-corrected chi connectivity index (χ4v) is 3.58. The maximum absolute atomic E-state index is 10.6. The molecule has 0 saturated carbocycles. The zero-order valence-electron chi connectivity index (χ0n) is 15.4. The molecule has 27 heavy (non-hydrogen) atoms. The smallest absolute Gasteiger partial charge is 0.219 e. The molecule has 0 fully saturated rings. The molecule has 3 aromatic rings. The van der Waals surface area contributed by atoms with Gasteiger partial charge in [-0.15, -0.1) is 0 Å². The Morgan fingerprint density at radius 3 is 2.81 bits per heavy atom. The summed E-state index contributed by atoms with van der Waals surface area (Å²) in [6.07, 6.45) is 5.35. The van der Waals surface area contributed by atoms with Gasteiger partial charge in [0.2, 0.25) is 5.88 Å². The molecule has 1 aliphatic carbocycles. The molecular weight excluding hydrogens is 340 g/mol. The van der Waals surface area contributed by atoms with Crippen LogP contribution in [0.5, 0.6) is 11.6 Å². The minimum Gasteiger partial charge on any atom is -0.497 e. The summed E-state index contributed by atoms with van der Waals surface area (Å²) >= 11 is 0. The first-order chi connectivity index (χ1) is 13.2. The van der Waals surface area contributed by atoms with Crippen LogP contribution in [0, 0.1) is 0 Å². The Morgan fingerprint density at radius 2 is 2.07 bits per heavy atom. The van der Waals surface area contributed by atoms with Crippen molar-refractivity contribution in [2.75, 3.05) is 13.7 Å². The van der Waals surface area contributed by atoms with E-state index in [0.717, 1.165) is 49.2 Å². The Morgan fingerprint density at radius 1 is 1.22 bits per heavy atom. The maximum atomic E-state index is 10.6. The topological polar surface area (TPSA) is 72.2 Å². The lowest BCUT2D eigenvalue weighted by atomic mass is 9.93. The Hall–Kier alpha value is -2.86. The molecule has 2 N–H and O–H groups in total. The summed E-state index contributed by atoms with van der Waals surface area (Å²) in [5.41, 5.74) is 3.20. The van der Waals surface area contributed by atoms with Crippen LogP contribution in [0.2, 0.25) is 0 Å². The summed E-state index contributed by atoms with van der Waals surface area (Å²) in [6.45, 7) is 0.904. The highest BCUT2D eigenvalue weighted by atomic mass is 16.5. The standard InChI is InChI=1S/C21H24N4O2/c1-27-17-8-5-15(6-9-17)11-13-22-16-7-10-19-18(14-16)21(26)25(24-19)20-4-2-3-12-23-20/h2-6,8-9,12,16,22,26H,7,10-11,13-14H2,1H3. The molecule has 4 rings (SSSR count). The first-order valence-electron chi connectivity index (χ1n) is 9.32. The number of ether oxygens (including phenoxy) is 1. The van der Waals surface area contributed by atoms with E-state index in [9.17, 15) is 5.11 Å². The third-order valence-electron chi connectivity index (χ3n) is 5.09. The number of rotatable bonds is 6. The minimum atomic E-state index is 0.213. The molecule has 0 amide bonds. The second kappa shape index (κ2) is 7.80. The molecule has 0 bridgehead atoms. The number of methoxy groups -OCH3 is 1. The van der Waals surface area contributed by atoms with E-state index in [-0.39, 0.29) is 5.88 Å². The molecule has 6 nitrogen and oxygen atoms in total. The highest BCUT2D eigenvalue weighted by Gasteiger charge is 2.26. The molecule has 1 unspecified atom stereocenters. The highest BCUT2D eigenvalue weighted by molar-refractivity contribution is 5.39. The van der Waals surface area contributed by atoms with Gasteiger partial charge in [0.05, 0.1) is 12.8 Å². The third kappa shape index (κ3) is 3.80. The maximum Gasteiger partial charge on any atom is 0.219 e. The van der Waals surface area contributed by atoms with Gasteiger partial charge in [-0.2, -0.15) is 9.78 Å². The van der Waals surface area contributed by atoms with Gasteiger partial charge in [0.1, 0.15) is 5.75 Å². The van der Waals surface area contributed by atoms with Gasteiger partial charge < -0.3 is 15.2 Å². The first-order valence-corrected chi connectivity index (χ1v) is 9.32. The molecule has 1 aliphatic rings. The Labute approximate surface area is 158 Å². The summed E-state index contributed by atoms with van der Waals surface area (Å²) in [7, 11) is 1.68. The van der Waals surface area contributed by atoms with Crippen LogP contribution < -0.4 is 10.1 Å². The van der Waals surface area contributed by atoms with Crippen molar-refractivity contribution in [3.63, 3.8) is 0 Å². The van der Waals surface area contributed by atoms with E-state index in [4.69, 9.17) is 4.74 Å². The van der Waals surface area contributed by atoms with Crippen LogP contribution in [0.1, 0.15) is 23.2 Å². The summed E-state index contributed by atoms with van der Waals surface area (Å²) in [6, 6.07) is 14.1. The van der Waals surface area contributed by atoms with Crippen LogP contribution in [-0.4, -0.2) is 39.6 Å². The lowest BCUT2D eigenvalue weighted by Crippen LogP contribution is -2.35. The molecule has 2 aromatic heterocycles. The number of nitrogens with one attached hydrogen (secondary N) is 1. The van der Waals surface area contributed by atoms with E-state index in [2.05, 4.69) is 27.5 Å². The number of hydrogen-bond acceptors (Lipinski definition) is 5. The fourth-order valence-electron chi connectivity index (χ4n) is 3.58. The summed E-state index contributed by atoms with van der Waals surface area (Å²) < 4.78 is 6.74. The van der Waals surface area contributed by atoms with E-state index >= 15 is 0 Å². The normalized spacial score (nSPS) is 16.1.